The second-order valence-electron chi connectivity index (χ2n) is 3.45. The molecule has 0 aromatic heterocycles. The Morgan fingerprint density at radius 3 is 2.53 bits per heavy atom. The topological polar surface area (TPSA) is 60.2 Å². The molecule has 84 valence electrons. The lowest BCUT2D eigenvalue weighted by atomic mass is 10.3. The molecule has 3 nitrogen and oxygen atoms in total. The minimum atomic E-state index is -3.27. The molecular weight excluding hydrogens is 234 g/mol. The lowest BCUT2D eigenvalue weighted by molar-refractivity contribution is 0.581. The predicted octanol–water partition coefficient (Wildman–Crippen LogP) is 2.49. The van der Waals surface area contributed by atoms with E-state index in [1.54, 1.807) is 6.92 Å². The van der Waals surface area contributed by atoms with Crippen LogP contribution in [-0.2, 0) is 9.84 Å². The molecule has 5 heteroatoms. The molecule has 0 bridgehead atoms. The number of rotatable bonds is 3. The van der Waals surface area contributed by atoms with Crippen molar-refractivity contribution in [2.75, 3.05) is 5.73 Å². The van der Waals surface area contributed by atoms with Gasteiger partial charge in [-0.3, -0.25) is 0 Å². The van der Waals surface area contributed by atoms with Crippen molar-refractivity contribution >= 4 is 27.1 Å². The summed E-state index contributed by atoms with van der Waals surface area (Å²) in [6.07, 6.45) is 0.574. The summed E-state index contributed by atoms with van der Waals surface area (Å²) in [4.78, 5) is 0.232. The first-order valence-corrected chi connectivity index (χ1v) is 6.61. The average Bonchev–Trinajstić information content (AvgIpc) is 2.20. The van der Waals surface area contributed by atoms with E-state index in [0.29, 0.717) is 12.1 Å². The first kappa shape index (κ1) is 12.3. The van der Waals surface area contributed by atoms with Gasteiger partial charge in [0.2, 0.25) is 0 Å². The van der Waals surface area contributed by atoms with Crippen molar-refractivity contribution in [1.82, 2.24) is 0 Å². The van der Waals surface area contributed by atoms with Crippen LogP contribution in [0.2, 0.25) is 5.02 Å². The van der Waals surface area contributed by atoms with E-state index in [4.69, 9.17) is 17.3 Å². The number of hydrogen-bond acceptors (Lipinski definition) is 3. The Morgan fingerprint density at radius 1 is 1.47 bits per heavy atom. The van der Waals surface area contributed by atoms with Crippen LogP contribution in [-0.4, -0.2) is 13.7 Å². The third kappa shape index (κ3) is 2.44. The fraction of sp³-hybridized carbons (Fsp3) is 0.400. The van der Waals surface area contributed by atoms with Crippen LogP contribution in [0.4, 0.5) is 5.69 Å². The summed E-state index contributed by atoms with van der Waals surface area (Å²) >= 11 is 5.78. The highest BCUT2D eigenvalue weighted by Gasteiger charge is 2.21. The van der Waals surface area contributed by atoms with Crippen molar-refractivity contribution in [1.29, 1.82) is 0 Å². The second-order valence-corrected chi connectivity index (χ2v) is 6.22. The third-order valence-corrected chi connectivity index (χ3v) is 5.04. The van der Waals surface area contributed by atoms with Crippen LogP contribution in [0.3, 0.4) is 0 Å². The van der Waals surface area contributed by atoms with E-state index in [1.165, 1.54) is 18.2 Å². The highest BCUT2D eigenvalue weighted by atomic mass is 35.5. The molecule has 0 amide bonds. The zero-order chi connectivity index (χ0) is 11.6. The van der Waals surface area contributed by atoms with Gasteiger partial charge in [0.25, 0.3) is 0 Å². The SMILES string of the molecule is CCC(C)S(=O)(=O)c1ccc(N)c(Cl)c1. The zero-order valence-corrected chi connectivity index (χ0v) is 10.3. The molecule has 0 radical (unpaired) electrons. The van der Waals surface area contributed by atoms with Gasteiger partial charge in [-0.1, -0.05) is 18.5 Å². The molecule has 15 heavy (non-hydrogen) atoms. The fourth-order valence-electron chi connectivity index (χ4n) is 1.14. The van der Waals surface area contributed by atoms with Crippen molar-refractivity contribution in [2.45, 2.75) is 30.4 Å². The van der Waals surface area contributed by atoms with Gasteiger partial charge in [-0.25, -0.2) is 8.42 Å². The van der Waals surface area contributed by atoms with E-state index >= 15 is 0 Å². The number of nitrogen functional groups attached to an aromatic ring is 1. The summed E-state index contributed by atoms with van der Waals surface area (Å²) in [6, 6.07) is 4.40. The van der Waals surface area contributed by atoms with Crippen LogP contribution in [0.15, 0.2) is 23.1 Å². The molecule has 1 aromatic rings. The second kappa shape index (κ2) is 4.41. The Morgan fingerprint density at radius 2 is 2.07 bits per heavy atom. The summed E-state index contributed by atoms with van der Waals surface area (Å²) in [6.45, 7) is 3.51. The van der Waals surface area contributed by atoms with Gasteiger partial charge in [0.15, 0.2) is 9.84 Å². The van der Waals surface area contributed by atoms with Gasteiger partial charge in [-0.05, 0) is 31.5 Å². The van der Waals surface area contributed by atoms with Gasteiger partial charge in [-0.2, -0.15) is 0 Å². The summed E-state index contributed by atoms with van der Waals surface area (Å²) in [5, 5.41) is -0.128. The maximum atomic E-state index is 11.9. The molecule has 1 unspecified atom stereocenters. The van der Waals surface area contributed by atoms with Gasteiger partial charge < -0.3 is 5.73 Å². The van der Waals surface area contributed by atoms with Crippen LogP contribution in [0.5, 0.6) is 0 Å². The third-order valence-electron chi connectivity index (χ3n) is 2.41. The van der Waals surface area contributed by atoms with E-state index in [0.717, 1.165) is 0 Å². The van der Waals surface area contributed by atoms with Crippen LogP contribution >= 0.6 is 11.6 Å². The van der Waals surface area contributed by atoms with Gasteiger partial charge in [0, 0.05) is 0 Å². The Kier molecular flexibility index (Phi) is 3.62. The first-order valence-electron chi connectivity index (χ1n) is 4.68. The highest BCUT2D eigenvalue weighted by Crippen LogP contribution is 2.25. The van der Waals surface area contributed by atoms with Crippen LogP contribution in [0.1, 0.15) is 20.3 Å². The van der Waals surface area contributed by atoms with Crippen LogP contribution < -0.4 is 5.73 Å². The molecule has 1 aromatic carbocycles. The Balaban J connectivity index is 3.23. The van der Waals surface area contributed by atoms with E-state index in [-0.39, 0.29) is 9.92 Å². The normalized spacial score (nSPS) is 13.8. The largest absolute Gasteiger partial charge is 0.398 e. The van der Waals surface area contributed by atoms with Gasteiger partial charge in [0.05, 0.1) is 20.9 Å². The standard InChI is InChI=1S/C10H14ClNO2S/c1-3-7(2)15(13,14)8-4-5-10(12)9(11)6-8/h4-7H,3,12H2,1-2H3. The van der Waals surface area contributed by atoms with Gasteiger partial charge in [-0.15, -0.1) is 0 Å². The maximum absolute atomic E-state index is 11.9. The zero-order valence-electron chi connectivity index (χ0n) is 8.70. The number of sulfone groups is 1. The van der Waals surface area contributed by atoms with Crippen molar-refractivity contribution in [3.63, 3.8) is 0 Å². The smallest absolute Gasteiger partial charge is 0.180 e. The number of benzene rings is 1. The maximum Gasteiger partial charge on any atom is 0.180 e. The molecule has 0 fully saturated rings. The molecule has 0 saturated carbocycles. The van der Waals surface area contributed by atoms with Crippen LogP contribution in [0, 0.1) is 0 Å². The molecule has 0 saturated heterocycles. The first-order chi connectivity index (χ1) is 6.89. The van der Waals surface area contributed by atoms with Crippen molar-refractivity contribution in [3.05, 3.63) is 23.2 Å². The number of nitrogens with two attached hydrogens (primary N) is 1. The average molecular weight is 248 g/mol. The Bertz CT molecular complexity index is 456. The number of hydrogen-bond donors (Lipinski definition) is 1. The van der Waals surface area contributed by atoms with E-state index in [2.05, 4.69) is 0 Å². The summed E-state index contributed by atoms with van der Waals surface area (Å²) in [5.41, 5.74) is 5.90. The Hall–Kier alpha value is -0.740. The van der Waals surface area contributed by atoms with E-state index in [1.807, 2.05) is 6.92 Å². The molecule has 0 heterocycles. The molecular formula is C10H14ClNO2S. The monoisotopic (exact) mass is 247 g/mol. The van der Waals surface area contributed by atoms with Gasteiger partial charge in [0.1, 0.15) is 0 Å². The van der Waals surface area contributed by atoms with E-state index in [9.17, 15) is 8.42 Å². The van der Waals surface area contributed by atoms with E-state index < -0.39 is 15.1 Å². The van der Waals surface area contributed by atoms with Gasteiger partial charge >= 0.3 is 0 Å². The summed E-state index contributed by atoms with van der Waals surface area (Å²) in [7, 11) is -3.27. The number of anilines is 1. The molecule has 0 spiro atoms. The fourth-order valence-corrected chi connectivity index (χ4v) is 2.83. The van der Waals surface area contributed by atoms with Crippen molar-refractivity contribution in [2.24, 2.45) is 0 Å². The summed E-state index contributed by atoms with van der Waals surface area (Å²) in [5.74, 6) is 0. The predicted molar refractivity (Wildman–Crippen MR) is 62.8 cm³/mol. The molecule has 1 atom stereocenters. The molecule has 2 N–H and O–H groups in total. The number of halogens is 1. The molecule has 0 aliphatic heterocycles. The van der Waals surface area contributed by atoms with Crippen molar-refractivity contribution < 1.29 is 8.42 Å². The quantitative estimate of drug-likeness (QED) is 0.835. The lowest BCUT2D eigenvalue weighted by Crippen LogP contribution is -2.16. The molecule has 1 rings (SSSR count). The minimum absolute atomic E-state index is 0.232. The molecule has 0 aliphatic carbocycles. The van der Waals surface area contributed by atoms with Crippen LogP contribution in [0.25, 0.3) is 0 Å². The molecule has 0 aliphatic rings. The lowest BCUT2D eigenvalue weighted by Gasteiger charge is -2.11. The van der Waals surface area contributed by atoms with Crippen molar-refractivity contribution in [3.8, 4) is 0 Å². The summed E-state index contributed by atoms with van der Waals surface area (Å²) < 4.78 is 23.9. The highest BCUT2D eigenvalue weighted by molar-refractivity contribution is 7.92. The Labute approximate surface area is 95.2 Å². The minimum Gasteiger partial charge on any atom is -0.398 e.